The van der Waals surface area contributed by atoms with Crippen LogP contribution in [0.3, 0.4) is 0 Å². The number of benzene rings is 7. The predicted octanol–water partition coefficient (Wildman–Crippen LogP) is 16.8. The normalized spacial score (nSPS) is 11.0. The molecule has 0 aromatic heterocycles. The van der Waals surface area contributed by atoms with Gasteiger partial charge in [0.2, 0.25) is 0 Å². The molecular weight excluding hydrogens is 935 g/mol. The lowest BCUT2D eigenvalue weighted by atomic mass is 10.00. The fraction of sp³-hybridized carbons (Fsp3) is 0.281. The second-order valence-electron chi connectivity index (χ2n) is 18.6. The monoisotopic (exact) mass is 998 g/mol. The SMILES string of the molecule is CCCCCCCCCc1ccc(-c2ccc(C(=O)Oc3ccc(C(=O)Oc4cccc(OC(=O)c5ccc(OC(=O)c6ccc(-c7ccc(CCCCCCCCC)cc7)cc6)c(F)c5)c4)cc3F)cc2)cc1. The highest BCUT2D eigenvalue weighted by Gasteiger charge is 2.19. The average molecular weight is 999 g/mol. The predicted molar refractivity (Wildman–Crippen MR) is 286 cm³/mol. The maximum Gasteiger partial charge on any atom is 0.343 e. The van der Waals surface area contributed by atoms with Gasteiger partial charge in [0.15, 0.2) is 23.1 Å². The van der Waals surface area contributed by atoms with E-state index in [1.54, 1.807) is 24.3 Å². The molecule has 74 heavy (non-hydrogen) atoms. The number of carbonyl (C=O) groups excluding carboxylic acids is 4. The van der Waals surface area contributed by atoms with Crippen molar-refractivity contribution in [3.63, 3.8) is 0 Å². The van der Waals surface area contributed by atoms with Gasteiger partial charge in [-0.25, -0.2) is 28.0 Å². The van der Waals surface area contributed by atoms with E-state index in [1.165, 1.54) is 137 Å². The summed E-state index contributed by atoms with van der Waals surface area (Å²) in [5, 5.41) is 0. The zero-order chi connectivity index (χ0) is 52.1. The Kier molecular flexibility index (Phi) is 20.4. The minimum absolute atomic E-state index is 0.0347. The molecule has 7 rings (SSSR count). The van der Waals surface area contributed by atoms with Crippen LogP contribution >= 0.6 is 0 Å². The van der Waals surface area contributed by atoms with Crippen LogP contribution in [0.5, 0.6) is 23.0 Å². The van der Waals surface area contributed by atoms with Crippen molar-refractivity contribution in [3.05, 3.63) is 203 Å². The van der Waals surface area contributed by atoms with Gasteiger partial charge in [0.05, 0.1) is 22.3 Å². The van der Waals surface area contributed by atoms with Crippen molar-refractivity contribution in [2.75, 3.05) is 0 Å². The molecule has 0 bridgehead atoms. The molecule has 0 aliphatic heterocycles. The fourth-order valence-corrected chi connectivity index (χ4v) is 8.57. The third-order valence-corrected chi connectivity index (χ3v) is 12.9. The average Bonchev–Trinajstić information content (AvgIpc) is 3.42. The number of unbranched alkanes of at least 4 members (excludes halogenated alkanes) is 12. The van der Waals surface area contributed by atoms with Crippen molar-refractivity contribution >= 4 is 23.9 Å². The second kappa shape index (κ2) is 27.9. The molecule has 382 valence electrons. The van der Waals surface area contributed by atoms with Gasteiger partial charge in [-0.3, -0.25) is 0 Å². The van der Waals surface area contributed by atoms with Gasteiger partial charge < -0.3 is 18.9 Å². The molecular formula is C64H64F2O8. The van der Waals surface area contributed by atoms with Gasteiger partial charge in [0.1, 0.15) is 11.5 Å². The van der Waals surface area contributed by atoms with Gasteiger partial charge >= 0.3 is 23.9 Å². The fourth-order valence-electron chi connectivity index (χ4n) is 8.57. The number of aryl methyl sites for hydroxylation is 2. The Morgan fingerprint density at radius 3 is 1.00 bits per heavy atom. The van der Waals surface area contributed by atoms with E-state index in [0.29, 0.717) is 0 Å². The zero-order valence-corrected chi connectivity index (χ0v) is 42.3. The van der Waals surface area contributed by atoms with E-state index in [9.17, 15) is 19.2 Å². The van der Waals surface area contributed by atoms with Crippen molar-refractivity contribution in [2.45, 2.75) is 117 Å². The van der Waals surface area contributed by atoms with Crippen molar-refractivity contribution in [2.24, 2.45) is 0 Å². The first-order valence-electron chi connectivity index (χ1n) is 26.0. The molecule has 10 heteroatoms. The summed E-state index contributed by atoms with van der Waals surface area (Å²) in [6, 6.07) is 42.7. The molecule has 0 amide bonds. The largest absolute Gasteiger partial charge is 0.423 e. The van der Waals surface area contributed by atoms with Crippen LogP contribution in [-0.2, 0) is 12.8 Å². The molecule has 7 aromatic rings. The Hall–Kier alpha value is -7.72. The maximum atomic E-state index is 15.2. The lowest BCUT2D eigenvalue weighted by Gasteiger charge is -2.10. The van der Waals surface area contributed by atoms with E-state index in [-0.39, 0.29) is 45.3 Å². The van der Waals surface area contributed by atoms with E-state index in [0.717, 1.165) is 59.4 Å². The highest BCUT2D eigenvalue weighted by molar-refractivity contribution is 5.94. The van der Waals surface area contributed by atoms with Crippen LogP contribution in [0.25, 0.3) is 22.3 Å². The molecule has 0 aliphatic carbocycles. The number of hydrogen-bond acceptors (Lipinski definition) is 8. The number of halogens is 2. The summed E-state index contributed by atoms with van der Waals surface area (Å²) in [4.78, 5) is 52.0. The van der Waals surface area contributed by atoms with Gasteiger partial charge in [-0.05, 0) is 132 Å². The maximum absolute atomic E-state index is 15.2. The summed E-state index contributed by atoms with van der Waals surface area (Å²) in [6.45, 7) is 4.46. The third-order valence-electron chi connectivity index (χ3n) is 12.9. The van der Waals surface area contributed by atoms with Crippen LogP contribution in [-0.4, -0.2) is 23.9 Å². The quantitative estimate of drug-likeness (QED) is 0.0300. The van der Waals surface area contributed by atoms with E-state index >= 15 is 8.78 Å². The minimum Gasteiger partial charge on any atom is -0.423 e. The third kappa shape index (κ3) is 16.1. The number of hydrogen-bond donors (Lipinski definition) is 0. The standard InChI is InChI=1S/C64H64F2O8/c1-3-5-7-9-11-13-15-18-45-22-26-47(27-23-45)49-30-34-51(35-31-49)61(67)73-59-40-38-53(42-57(59)65)63(69)71-55-20-17-21-56(44-55)72-64(70)54-39-41-60(58(66)43-54)74-62(68)52-36-32-50(33-37-52)48-28-24-46(25-29-48)19-16-14-12-10-8-6-4-2/h17,20-44H,3-16,18-19H2,1-2H3. The highest BCUT2D eigenvalue weighted by Crippen LogP contribution is 2.28. The summed E-state index contributed by atoms with van der Waals surface area (Å²) < 4.78 is 51.9. The second-order valence-corrected chi connectivity index (χ2v) is 18.6. The van der Waals surface area contributed by atoms with Crippen LogP contribution in [0, 0.1) is 11.6 Å². The smallest absolute Gasteiger partial charge is 0.343 e. The topological polar surface area (TPSA) is 105 Å². The van der Waals surface area contributed by atoms with Crippen LogP contribution in [0.2, 0.25) is 0 Å². The molecule has 0 unspecified atom stereocenters. The highest BCUT2D eigenvalue weighted by atomic mass is 19.1. The van der Waals surface area contributed by atoms with Crippen LogP contribution < -0.4 is 18.9 Å². The van der Waals surface area contributed by atoms with Crippen molar-refractivity contribution < 1.29 is 46.9 Å². The minimum atomic E-state index is -0.962. The van der Waals surface area contributed by atoms with Crippen LogP contribution in [0.15, 0.2) is 158 Å². The van der Waals surface area contributed by atoms with Gasteiger partial charge in [-0.15, -0.1) is 0 Å². The van der Waals surface area contributed by atoms with Crippen molar-refractivity contribution in [3.8, 4) is 45.3 Å². The van der Waals surface area contributed by atoms with Gasteiger partial charge in [-0.1, -0.05) is 170 Å². The van der Waals surface area contributed by atoms with Gasteiger partial charge in [0, 0.05) is 6.07 Å². The summed E-state index contributed by atoms with van der Waals surface area (Å²) in [5.41, 5.74) is 6.55. The number of rotatable bonds is 26. The van der Waals surface area contributed by atoms with E-state index in [1.807, 2.05) is 24.3 Å². The number of carbonyl (C=O) groups is 4. The lowest BCUT2D eigenvalue weighted by Crippen LogP contribution is -2.12. The van der Waals surface area contributed by atoms with Crippen molar-refractivity contribution in [1.82, 2.24) is 0 Å². The molecule has 8 nitrogen and oxygen atoms in total. The first-order valence-corrected chi connectivity index (χ1v) is 26.0. The number of ether oxygens (including phenoxy) is 4. The molecule has 0 spiro atoms. The van der Waals surface area contributed by atoms with Crippen LogP contribution in [0.1, 0.15) is 156 Å². The molecule has 0 heterocycles. The summed E-state index contributed by atoms with van der Waals surface area (Å²) in [7, 11) is 0. The molecule has 0 radical (unpaired) electrons. The van der Waals surface area contributed by atoms with Crippen molar-refractivity contribution in [1.29, 1.82) is 0 Å². The Bertz CT molecular complexity index is 2750. The van der Waals surface area contributed by atoms with E-state index < -0.39 is 35.5 Å². The lowest BCUT2D eigenvalue weighted by molar-refractivity contribution is 0.0716. The Labute approximate surface area is 433 Å². The molecule has 0 saturated heterocycles. The van der Waals surface area contributed by atoms with E-state index in [2.05, 4.69) is 62.4 Å². The van der Waals surface area contributed by atoms with Gasteiger partial charge in [-0.2, -0.15) is 0 Å². The molecule has 0 atom stereocenters. The Morgan fingerprint density at radius 2 is 0.649 bits per heavy atom. The molecule has 0 saturated carbocycles. The molecule has 0 fully saturated rings. The summed E-state index contributed by atoms with van der Waals surface area (Å²) >= 11 is 0. The molecule has 7 aromatic carbocycles. The van der Waals surface area contributed by atoms with Gasteiger partial charge in [0.25, 0.3) is 0 Å². The number of esters is 4. The Morgan fingerprint density at radius 1 is 0.338 bits per heavy atom. The van der Waals surface area contributed by atoms with Crippen LogP contribution in [0.4, 0.5) is 8.78 Å². The first kappa shape index (κ1) is 54.1. The molecule has 0 N–H and O–H groups in total. The molecule has 0 aliphatic rings. The van der Waals surface area contributed by atoms with E-state index in [4.69, 9.17) is 18.9 Å². The first-order chi connectivity index (χ1) is 36.1. The Balaban J connectivity index is 0.853. The summed E-state index contributed by atoms with van der Waals surface area (Å²) in [5.74, 6) is -6.16. The summed E-state index contributed by atoms with van der Waals surface area (Å²) in [6.07, 6.45) is 19.9. The zero-order valence-electron chi connectivity index (χ0n) is 42.3.